The van der Waals surface area contributed by atoms with E-state index < -0.39 is 5.97 Å². The van der Waals surface area contributed by atoms with E-state index in [1.807, 2.05) is 6.08 Å². The van der Waals surface area contributed by atoms with Gasteiger partial charge >= 0.3 is 5.97 Å². The summed E-state index contributed by atoms with van der Waals surface area (Å²) >= 11 is 0. The summed E-state index contributed by atoms with van der Waals surface area (Å²) in [6.07, 6.45) is 2.60. The highest BCUT2D eigenvalue weighted by Gasteiger charge is 2.22. The van der Waals surface area contributed by atoms with Crippen molar-refractivity contribution < 1.29 is 19.4 Å². The quantitative estimate of drug-likeness (QED) is 0.859. The van der Waals surface area contributed by atoms with E-state index in [1.165, 1.54) is 0 Å². The summed E-state index contributed by atoms with van der Waals surface area (Å²) in [5, 5.41) is 9.29. The number of carbonyl (C=O) groups is 1. The Hall–Kier alpha value is -1.72. The Balaban J connectivity index is 2.11. The Bertz CT molecular complexity index is 536. The van der Waals surface area contributed by atoms with Crippen LogP contribution in [0.25, 0.3) is 5.57 Å². The van der Waals surface area contributed by atoms with Gasteiger partial charge in [0.25, 0.3) is 0 Å². The number of fused-ring (bicyclic) bond motifs is 1. The first kappa shape index (κ1) is 11.4. The average molecular weight is 247 g/mol. The van der Waals surface area contributed by atoms with E-state index in [-0.39, 0.29) is 5.56 Å². The first-order valence-corrected chi connectivity index (χ1v) is 5.86. The van der Waals surface area contributed by atoms with Gasteiger partial charge in [-0.05, 0) is 18.1 Å². The zero-order chi connectivity index (χ0) is 12.5. The van der Waals surface area contributed by atoms with Crippen LogP contribution in [-0.2, 0) is 22.7 Å². The molecule has 0 radical (unpaired) electrons. The molecule has 0 saturated heterocycles. The molecule has 94 valence electrons. The molecule has 5 heteroatoms. The average Bonchev–Trinajstić information content (AvgIpc) is 2.85. The number of rotatable bonds is 2. The van der Waals surface area contributed by atoms with Gasteiger partial charge in [0, 0.05) is 5.56 Å². The molecule has 1 N–H and O–H groups in total. The number of aromatic carboxylic acids is 1. The third-order valence-corrected chi connectivity index (χ3v) is 3.19. The fourth-order valence-electron chi connectivity index (χ4n) is 2.25. The molecule has 1 aromatic heterocycles. The zero-order valence-electron chi connectivity index (χ0n) is 9.81. The lowest BCUT2D eigenvalue weighted by atomic mass is 10.00. The third-order valence-electron chi connectivity index (χ3n) is 3.19. The highest BCUT2D eigenvalue weighted by Crippen LogP contribution is 2.28. The molecule has 5 nitrogen and oxygen atoms in total. The van der Waals surface area contributed by atoms with Crippen LogP contribution >= 0.6 is 0 Å². The van der Waals surface area contributed by atoms with Crippen molar-refractivity contribution in [1.29, 1.82) is 0 Å². The molecule has 0 saturated carbocycles. The smallest absolute Gasteiger partial charge is 0.337 e. The summed E-state index contributed by atoms with van der Waals surface area (Å²) in [5.74, 6) is -0.945. The minimum Gasteiger partial charge on any atom is -0.478 e. The second kappa shape index (κ2) is 4.51. The highest BCUT2D eigenvalue weighted by molar-refractivity contribution is 5.93. The van der Waals surface area contributed by atoms with Crippen LogP contribution in [-0.4, -0.2) is 29.3 Å². The van der Waals surface area contributed by atoms with E-state index in [4.69, 9.17) is 9.47 Å². The number of nitrogens with zero attached hydrogens (tertiary/aromatic N) is 1. The highest BCUT2D eigenvalue weighted by atomic mass is 16.5. The van der Waals surface area contributed by atoms with Crippen molar-refractivity contribution in [3.63, 3.8) is 0 Å². The van der Waals surface area contributed by atoms with E-state index in [1.54, 1.807) is 6.07 Å². The lowest BCUT2D eigenvalue weighted by Gasteiger charge is -2.15. The lowest BCUT2D eigenvalue weighted by Crippen LogP contribution is -2.11. The van der Waals surface area contributed by atoms with Crippen LogP contribution in [0.3, 0.4) is 0 Å². The van der Waals surface area contributed by atoms with Crippen LogP contribution in [0.1, 0.15) is 33.7 Å². The Morgan fingerprint density at radius 2 is 2.22 bits per heavy atom. The molecule has 0 fully saturated rings. The molecule has 0 spiro atoms. The van der Waals surface area contributed by atoms with Gasteiger partial charge in [-0.3, -0.25) is 0 Å². The van der Waals surface area contributed by atoms with Crippen molar-refractivity contribution in [3.8, 4) is 0 Å². The van der Waals surface area contributed by atoms with Gasteiger partial charge in [0.05, 0.1) is 43.4 Å². The van der Waals surface area contributed by atoms with Crippen LogP contribution in [0.15, 0.2) is 12.1 Å². The Labute approximate surface area is 104 Å². The SMILES string of the molecule is O=C(O)c1cc2c(nc1C1=CCOCC1)COC2. The molecule has 3 heterocycles. The number of hydrogen-bond acceptors (Lipinski definition) is 4. The molecule has 0 atom stereocenters. The molecule has 0 unspecified atom stereocenters. The van der Waals surface area contributed by atoms with Gasteiger partial charge in [-0.15, -0.1) is 0 Å². The molecule has 0 amide bonds. The van der Waals surface area contributed by atoms with Crippen LogP contribution in [0, 0.1) is 0 Å². The standard InChI is InChI=1S/C13H13NO4/c15-13(16)10-5-9-6-18-7-11(9)14-12(10)8-1-3-17-4-2-8/h1,5H,2-4,6-7H2,(H,15,16). The van der Waals surface area contributed by atoms with Gasteiger partial charge in [0.15, 0.2) is 0 Å². The second-order valence-corrected chi connectivity index (χ2v) is 4.34. The van der Waals surface area contributed by atoms with Crippen LogP contribution in [0.2, 0.25) is 0 Å². The summed E-state index contributed by atoms with van der Waals surface area (Å²) in [7, 11) is 0. The van der Waals surface area contributed by atoms with Crippen molar-refractivity contribution in [2.24, 2.45) is 0 Å². The normalized spacial score (nSPS) is 18.3. The molecule has 1 aromatic rings. The van der Waals surface area contributed by atoms with Gasteiger partial charge < -0.3 is 14.6 Å². The molecular formula is C13H13NO4. The van der Waals surface area contributed by atoms with Gasteiger partial charge in [0.2, 0.25) is 0 Å². The van der Waals surface area contributed by atoms with E-state index in [0.717, 1.165) is 16.8 Å². The molecule has 0 aliphatic carbocycles. The molecule has 0 bridgehead atoms. The Kier molecular flexibility index (Phi) is 2.85. The maximum Gasteiger partial charge on any atom is 0.337 e. The van der Waals surface area contributed by atoms with Crippen LogP contribution in [0.4, 0.5) is 0 Å². The van der Waals surface area contributed by atoms with E-state index in [9.17, 15) is 9.90 Å². The minimum absolute atomic E-state index is 0.257. The summed E-state index contributed by atoms with van der Waals surface area (Å²) in [6, 6.07) is 1.68. The van der Waals surface area contributed by atoms with E-state index in [2.05, 4.69) is 4.98 Å². The van der Waals surface area contributed by atoms with Crippen molar-refractivity contribution in [1.82, 2.24) is 4.98 Å². The van der Waals surface area contributed by atoms with Crippen molar-refractivity contribution >= 4 is 11.5 Å². The van der Waals surface area contributed by atoms with Crippen LogP contribution in [0.5, 0.6) is 0 Å². The number of aromatic nitrogens is 1. The fourth-order valence-corrected chi connectivity index (χ4v) is 2.25. The molecule has 18 heavy (non-hydrogen) atoms. The predicted octanol–water partition coefficient (Wildman–Crippen LogP) is 1.61. The Morgan fingerprint density at radius 3 is 2.94 bits per heavy atom. The Morgan fingerprint density at radius 1 is 1.33 bits per heavy atom. The first-order chi connectivity index (χ1) is 8.75. The number of pyridine rings is 1. The van der Waals surface area contributed by atoms with Gasteiger partial charge in [-0.25, -0.2) is 9.78 Å². The summed E-state index contributed by atoms with van der Waals surface area (Å²) in [4.78, 5) is 15.8. The van der Waals surface area contributed by atoms with Crippen molar-refractivity contribution in [2.45, 2.75) is 19.6 Å². The maximum absolute atomic E-state index is 11.3. The van der Waals surface area contributed by atoms with Gasteiger partial charge in [0.1, 0.15) is 0 Å². The molecular weight excluding hydrogens is 234 g/mol. The topological polar surface area (TPSA) is 68.7 Å². The second-order valence-electron chi connectivity index (χ2n) is 4.34. The summed E-state index contributed by atoms with van der Waals surface area (Å²) in [6.45, 7) is 2.04. The monoisotopic (exact) mass is 247 g/mol. The number of carboxylic acids is 1. The van der Waals surface area contributed by atoms with E-state index in [0.29, 0.717) is 38.5 Å². The first-order valence-electron chi connectivity index (χ1n) is 5.86. The number of hydrogen-bond donors (Lipinski definition) is 1. The molecule has 2 aliphatic rings. The fraction of sp³-hybridized carbons (Fsp3) is 0.385. The minimum atomic E-state index is -0.945. The van der Waals surface area contributed by atoms with Crippen molar-refractivity contribution in [3.05, 3.63) is 34.7 Å². The molecule has 3 rings (SSSR count). The zero-order valence-corrected chi connectivity index (χ0v) is 9.81. The molecule has 0 aromatic carbocycles. The number of ether oxygens (including phenoxy) is 2. The largest absolute Gasteiger partial charge is 0.478 e. The van der Waals surface area contributed by atoms with Gasteiger partial charge in [-0.2, -0.15) is 0 Å². The van der Waals surface area contributed by atoms with Crippen LogP contribution < -0.4 is 0 Å². The third kappa shape index (κ3) is 1.91. The summed E-state index contributed by atoms with van der Waals surface area (Å²) < 4.78 is 10.5. The summed E-state index contributed by atoms with van der Waals surface area (Å²) in [5.41, 5.74) is 3.50. The van der Waals surface area contributed by atoms with Gasteiger partial charge in [-0.1, -0.05) is 6.08 Å². The number of carboxylic acid groups (broad SMARTS) is 1. The maximum atomic E-state index is 11.3. The lowest BCUT2D eigenvalue weighted by molar-refractivity contribution is 0.0695. The van der Waals surface area contributed by atoms with Crippen molar-refractivity contribution in [2.75, 3.05) is 13.2 Å². The van der Waals surface area contributed by atoms with E-state index >= 15 is 0 Å². The predicted molar refractivity (Wildman–Crippen MR) is 63.1 cm³/mol. The molecule has 2 aliphatic heterocycles.